The topological polar surface area (TPSA) is 50.2 Å². The van der Waals surface area contributed by atoms with Crippen LogP contribution in [0.3, 0.4) is 0 Å². The van der Waals surface area contributed by atoms with E-state index in [4.69, 9.17) is 0 Å². The molecule has 1 atom stereocenters. The van der Waals surface area contributed by atoms with Crippen LogP contribution in [0.15, 0.2) is 18.9 Å². The van der Waals surface area contributed by atoms with Gasteiger partial charge in [0, 0.05) is 37.8 Å². The lowest BCUT2D eigenvalue weighted by Gasteiger charge is -2.23. The van der Waals surface area contributed by atoms with Gasteiger partial charge in [-0.05, 0) is 20.9 Å². The van der Waals surface area contributed by atoms with Crippen LogP contribution >= 0.6 is 0 Å². The molecular weight excluding hydrogens is 240 g/mol. The maximum absolute atomic E-state index is 11.4. The molecule has 1 N–H and O–H groups in total. The summed E-state index contributed by atoms with van der Waals surface area (Å²) in [5.41, 5.74) is 2.22. The fourth-order valence-electron chi connectivity index (χ4n) is 1.89. The van der Waals surface area contributed by atoms with Crippen LogP contribution in [-0.2, 0) is 17.9 Å². The predicted molar refractivity (Wildman–Crippen MR) is 76.8 cm³/mol. The van der Waals surface area contributed by atoms with Crippen LogP contribution in [0.5, 0.6) is 0 Å². The number of nitrogens with zero attached hydrogens (tertiary/aromatic N) is 3. The summed E-state index contributed by atoms with van der Waals surface area (Å²) in [7, 11) is 3.69. The lowest BCUT2D eigenvalue weighted by atomic mass is 10.1. The van der Waals surface area contributed by atoms with Crippen molar-refractivity contribution in [2.24, 2.45) is 0 Å². The molecule has 1 amide bonds. The maximum Gasteiger partial charge on any atom is 0.221 e. The Kier molecular flexibility index (Phi) is 5.76. The zero-order valence-electron chi connectivity index (χ0n) is 12.3. The second-order valence-electron chi connectivity index (χ2n) is 4.89. The number of carbonyl (C=O) groups excluding carboxylic acids is 1. The highest BCUT2D eigenvalue weighted by molar-refractivity contribution is 5.76. The number of nitrogens with one attached hydrogen (secondary N) is 1. The molecule has 106 valence electrons. The molecule has 0 aliphatic heterocycles. The highest BCUT2D eigenvalue weighted by Crippen LogP contribution is 2.12. The van der Waals surface area contributed by atoms with Crippen LogP contribution in [-0.4, -0.2) is 40.7 Å². The van der Waals surface area contributed by atoms with Crippen molar-refractivity contribution in [3.63, 3.8) is 0 Å². The van der Waals surface area contributed by atoms with Gasteiger partial charge < -0.3 is 5.32 Å². The number of hydrogen-bond acceptors (Lipinski definition) is 3. The van der Waals surface area contributed by atoms with Crippen LogP contribution in [0.25, 0.3) is 0 Å². The molecule has 1 aromatic heterocycles. The van der Waals surface area contributed by atoms with Crippen LogP contribution in [0, 0.1) is 6.92 Å². The number of aryl methyl sites for hydroxylation is 1. The molecule has 19 heavy (non-hydrogen) atoms. The molecule has 5 heteroatoms. The quantitative estimate of drug-likeness (QED) is 0.756. The van der Waals surface area contributed by atoms with Crippen molar-refractivity contribution < 1.29 is 4.79 Å². The van der Waals surface area contributed by atoms with Crippen LogP contribution in [0.1, 0.15) is 24.6 Å². The first kappa shape index (κ1) is 15.4. The van der Waals surface area contributed by atoms with Gasteiger partial charge in [-0.3, -0.25) is 14.4 Å². The van der Waals surface area contributed by atoms with Gasteiger partial charge in [0.05, 0.1) is 12.2 Å². The number of hydrogen-bond donors (Lipinski definition) is 1. The highest BCUT2D eigenvalue weighted by Gasteiger charge is 2.15. The number of amides is 1. The molecule has 0 saturated heterocycles. The smallest absolute Gasteiger partial charge is 0.221 e. The van der Waals surface area contributed by atoms with E-state index >= 15 is 0 Å². The minimum atomic E-state index is 0.0680. The lowest BCUT2D eigenvalue weighted by molar-refractivity contribution is -0.121. The molecule has 0 aliphatic carbocycles. The molecule has 5 nitrogen and oxygen atoms in total. The van der Waals surface area contributed by atoms with E-state index < -0.39 is 0 Å². The lowest BCUT2D eigenvalue weighted by Crippen LogP contribution is -2.33. The fourth-order valence-corrected chi connectivity index (χ4v) is 1.89. The summed E-state index contributed by atoms with van der Waals surface area (Å²) in [5.74, 6) is 0.0680. The predicted octanol–water partition coefficient (Wildman–Crippen LogP) is 1.33. The van der Waals surface area contributed by atoms with Crippen molar-refractivity contribution >= 4 is 5.91 Å². The van der Waals surface area contributed by atoms with Gasteiger partial charge in [-0.1, -0.05) is 6.08 Å². The molecule has 0 saturated carbocycles. The molecule has 1 rings (SSSR count). The average molecular weight is 264 g/mol. The summed E-state index contributed by atoms with van der Waals surface area (Å²) < 4.78 is 1.88. The number of carbonyl (C=O) groups is 1. The molecular formula is C14H24N4O. The molecule has 0 aromatic carbocycles. The van der Waals surface area contributed by atoms with E-state index in [-0.39, 0.29) is 11.9 Å². The number of rotatable bonds is 7. The summed E-state index contributed by atoms with van der Waals surface area (Å²) in [6.07, 6.45) is 4.38. The third-order valence-electron chi connectivity index (χ3n) is 3.30. The normalized spacial score (nSPS) is 12.5. The highest BCUT2D eigenvalue weighted by atomic mass is 16.1. The fraction of sp³-hybridized carbons (Fsp3) is 0.571. The zero-order chi connectivity index (χ0) is 14.4. The largest absolute Gasteiger partial charge is 0.359 e. The Morgan fingerprint density at radius 3 is 2.95 bits per heavy atom. The second-order valence-corrected chi connectivity index (χ2v) is 4.89. The van der Waals surface area contributed by atoms with E-state index in [2.05, 4.69) is 28.8 Å². The maximum atomic E-state index is 11.4. The minimum absolute atomic E-state index is 0.0680. The SMILES string of the molecule is C=CCn1cc(CN(C)[C@@H](C)CC(=O)NC)c(C)n1. The number of allylic oxidation sites excluding steroid dienone is 1. The third kappa shape index (κ3) is 4.52. The Balaban J connectivity index is 2.62. The monoisotopic (exact) mass is 264 g/mol. The van der Waals surface area contributed by atoms with E-state index in [0.29, 0.717) is 6.42 Å². The Hall–Kier alpha value is -1.62. The Labute approximate surface area is 115 Å². The first-order valence-corrected chi connectivity index (χ1v) is 6.52. The Morgan fingerprint density at radius 2 is 2.37 bits per heavy atom. The second kappa shape index (κ2) is 7.09. The van der Waals surface area contributed by atoms with E-state index in [1.807, 2.05) is 30.9 Å². The molecule has 0 radical (unpaired) electrons. The van der Waals surface area contributed by atoms with Gasteiger partial charge in [-0.15, -0.1) is 6.58 Å². The van der Waals surface area contributed by atoms with E-state index in [9.17, 15) is 4.79 Å². The van der Waals surface area contributed by atoms with Gasteiger partial charge in [0.25, 0.3) is 0 Å². The van der Waals surface area contributed by atoms with Gasteiger partial charge >= 0.3 is 0 Å². The first-order chi connectivity index (χ1) is 8.97. The summed E-state index contributed by atoms with van der Waals surface area (Å²) in [5, 5.41) is 7.08. The standard InChI is InChI=1S/C14H24N4O/c1-6-7-18-10-13(12(3)16-18)9-17(5)11(2)8-14(19)15-4/h6,10-11H,1,7-9H2,2-5H3,(H,15,19)/t11-/m0/s1. The van der Waals surface area contributed by atoms with Gasteiger partial charge in [0.15, 0.2) is 0 Å². The summed E-state index contributed by atoms with van der Waals surface area (Å²) in [4.78, 5) is 13.5. The molecule has 0 aliphatic rings. The van der Waals surface area contributed by atoms with E-state index in [1.165, 1.54) is 5.56 Å². The summed E-state index contributed by atoms with van der Waals surface area (Å²) in [6, 6.07) is 0.196. The molecule has 0 spiro atoms. The minimum Gasteiger partial charge on any atom is -0.359 e. The molecule has 0 bridgehead atoms. The van der Waals surface area contributed by atoms with Gasteiger partial charge in [-0.25, -0.2) is 0 Å². The van der Waals surface area contributed by atoms with Crippen LogP contribution in [0.2, 0.25) is 0 Å². The first-order valence-electron chi connectivity index (χ1n) is 6.52. The average Bonchev–Trinajstić information content (AvgIpc) is 2.70. The molecule has 1 aromatic rings. The van der Waals surface area contributed by atoms with Crippen LogP contribution in [0.4, 0.5) is 0 Å². The van der Waals surface area contributed by atoms with Gasteiger partial charge in [-0.2, -0.15) is 5.10 Å². The van der Waals surface area contributed by atoms with Crippen molar-refractivity contribution in [3.8, 4) is 0 Å². The third-order valence-corrected chi connectivity index (χ3v) is 3.30. The van der Waals surface area contributed by atoms with Crippen molar-refractivity contribution in [2.75, 3.05) is 14.1 Å². The summed E-state index contributed by atoms with van der Waals surface area (Å²) in [6.45, 7) is 9.28. The van der Waals surface area contributed by atoms with E-state index in [0.717, 1.165) is 18.8 Å². The van der Waals surface area contributed by atoms with Crippen molar-refractivity contribution in [3.05, 3.63) is 30.1 Å². The van der Waals surface area contributed by atoms with Gasteiger partial charge in [0.1, 0.15) is 0 Å². The molecule has 0 fully saturated rings. The van der Waals surface area contributed by atoms with Gasteiger partial charge in [0.2, 0.25) is 5.91 Å². The van der Waals surface area contributed by atoms with Crippen molar-refractivity contribution in [2.45, 2.75) is 39.4 Å². The zero-order valence-corrected chi connectivity index (χ0v) is 12.3. The van der Waals surface area contributed by atoms with E-state index in [1.54, 1.807) is 7.05 Å². The van der Waals surface area contributed by atoms with Crippen molar-refractivity contribution in [1.82, 2.24) is 20.0 Å². The Bertz CT molecular complexity index is 439. The summed E-state index contributed by atoms with van der Waals surface area (Å²) >= 11 is 0. The van der Waals surface area contributed by atoms with Crippen LogP contribution < -0.4 is 5.32 Å². The Morgan fingerprint density at radius 1 is 1.68 bits per heavy atom. The number of aromatic nitrogens is 2. The van der Waals surface area contributed by atoms with Crippen molar-refractivity contribution in [1.29, 1.82) is 0 Å². The molecule has 0 unspecified atom stereocenters. The molecule has 1 heterocycles.